The van der Waals surface area contributed by atoms with Gasteiger partial charge in [-0.3, -0.25) is 14.5 Å². The Bertz CT molecular complexity index is 791. The number of benzene rings is 2. The third-order valence-electron chi connectivity index (χ3n) is 5.11. The number of fused-ring (bicyclic) bond motifs is 1. The fourth-order valence-electron chi connectivity index (χ4n) is 3.69. The minimum absolute atomic E-state index is 0.0825. The molecule has 2 aliphatic heterocycles. The van der Waals surface area contributed by atoms with Crippen molar-refractivity contribution in [1.29, 1.82) is 0 Å². The van der Waals surface area contributed by atoms with Crippen molar-refractivity contribution >= 4 is 28.3 Å². The molecule has 0 N–H and O–H groups in total. The lowest BCUT2D eigenvalue weighted by Crippen LogP contribution is -2.51. The van der Waals surface area contributed by atoms with Crippen LogP contribution in [0.4, 0.5) is 5.69 Å². The van der Waals surface area contributed by atoms with E-state index >= 15 is 0 Å². The summed E-state index contributed by atoms with van der Waals surface area (Å²) in [4.78, 5) is 31.4. The van der Waals surface area contributed by atoms with E-state index in [-0.39, 0.29) is 24.3 Å². The normalized spacial score (nSPS) is 23.4. The number of hydrogen-bond donors (Lipinski definition) is 0. The van der Waals surface area contributed by atoms with Crippen molar-refractivity contribution in [1.82, 2.24) is 9.80 Å². The van der Waals surface area contributed by atoms with Crippen LogP contribution in [0.25, 0.3) is 10.8 Å². The number of rotatable bonds is 2. The lowest BCUT2D eigenvalue weighted by molar-refractivity contribution is -0.123. The van der Waals surface area contributed by atoms with E-state index < -0.39 is 0 Å². The third kappa shape index (κ3) is 2.50. The number of likely N-dealkylation sites (N-methyl/N-ethyl adjacent to an activating group) is 1. The van der Waals surface area contributed by atoms with Crippen molar-refractivity contribution in [2.75, 3.05) is 38.1 Å². The monoisotopic (exact) mass is 323 g/mol. The van der Waals surface area contributed by atoms with Crippen LogP contribution in [-0.2, 0) is 9.59 Å². The molecule has 2 amide bonds. The van der Waals surface area contributed by atoms with Crippen LogP contribution in [0.2, 0.25) is 0 Å². The second-order valence-corrected chi connectivity index (χ2v) is 6.62. The second kappa shape index (κ2) is 6.00. The Balaban J connectivity index is 1.66. The van der Waals surface area contributed by atoms with Gasteiger partial charge in [0.05, 0.1) is 18.2 Å². The van der Waals surface area contributed by atoms with Gasteiger partial charge in [0.15, 0.2) is 0 Å². The van der Waals surface area contributed by atoms with E-state index in [9.17, 15) is 9.59 Å². The summed E-state index contributed by atoms with van der Waals surface area (Å²) in [6.07, 6.45) is 0.284. The summed E-state index contributed by atoms with van der Waals surface area (Å²) in [6.45, 7) is 3.55. The van der Waals surface area contributed by atoms with Crippen molar-refractivity contribution in [2.24, 2.45) is 0 Å². The highest BCUT2D eigenvalue weighted by Gasteiger charge is 2.43. The molecule has 0 saturated carbocycles. The van der Waals surface area contributed by atoms with Gasteiger partial charge in [-0.15, -0.1) is 0 Å². The first-order valence-corrected chi connectivity index (χ1v) is 8.42. The van der Waals surface area contributed by atoms with Crippen LogP contribution in [0, 0.1) is 0 Å². The maximum Gasteiger partial charge on any atom is 0.251 e. The largest absolute Gasteiger partial charge is 0.304 e. The zero-order chi connectivity index (χ0) is 16.7. The molecular formula is C19H21N3O2. The van der Waals surface area contributed by atoms with Crippen molar-refractivity contribution in [3.8, 4) is 0 Å². The minimum atomic E-state index is -0.315. The molecule has 5 heteroatoms. The molecule has 1 atom stereocenters. The van der Waals surface area contributed by atoms with Gasteiger partial charge in [0.2, 0.25) is 5.91 Å². The molecule has 2 heterocycles. The summed E-state index contributed by atoms with van der Waals surface area (Å²) in [5.41, 5.74) is 0.708. The smallest absolute Gasteiger partial charge is 0.251 e. The Hall–Kier alpha value is -2.24. The lowest BCUT2D eigenvalue weighted by Gasteiger charge is -2.35. The van der Waals surface area contributed by atoms with Crippen LogP contribution >= 0.6 is 0 Å². The Morgan fingerprint density at radius 2 is 1.62 bits per heavy atom. The second-order valence-electron chi connectivity index (χ2n) is 6.62. The highest BCUT2D eigenvalue weighted by molar-refractivity contribution is 6.25. The van der Waals surface area contributed by atoms with E-state index in [2.05, 4.69) is 16.8 Å². The van der Waals surface area contributed by atoms with Crippen LogP contribution in [0.3, 0.4) is 0 Å². The topological polar surface area (TPSA) is 43.9 Å². The summed E-state index contributed by atoms with van der Waals surface area (Å²) in [5, 5.41) is 1.99. The van der Waals surface area contributed by atoms with Gasteiger partial charge in [-0.2, -0.15) is 0 Å². The van der Waals surface area contributed by atoms with Gasteiger partial charge < -0.3 is 4.90 Å². The number of carbonyl (C=O) groups excluding carboxylic acids is 2. The van der Waals surface area contributed by atoms with E-state index in [0.29, 0.717) is 5.69 Å². The van der Waals surface area contributed by atoms with Gasteiger partial charge in [0.25, 0.3) is 5.91 Å². The van der Waals surface area contributed by atoms with Gasteiger partial charge in [-0.25, -0.2) is 4.90 Å². The molecule has 4 rings (SSSR count). The van der Waals surface area contributed by atoms with Crippen molar-refractivity contribution < 1.29 is 9.59 Å². The van der Waals surface area contributed by atoms with E-state index in [0.717, 1.165) is 37.0 Å². The summed E-state index contributed by atoms with van der Waals surface area (Å²) in [7, 11) is 2.08. The highest BCUT2D eigenvalue weighted by Crippen LogP contribution is 2.32. The Kier molecular flexibility index (Phi) is 3.82. The molecule has 0 aromatic heterocycles. The number of piperazine rings is 1. The van der Waals surface area contributed by atoms with Crippen molar-refractivity contribution in [3.63, 3.8) is 0 Å². The number of amides is 2. The maximum atomic E-state index is 13.0. The van der Waals surface area contributed by atoms with Crippen molar-refractivity contribution in [3.05, 3.63) is 42.5 Å². The average molecular weight is 323 g/mol. The highest BCUT2D eigenvalue weighted by atomic mass is 16.2. The molecule has 0 unspecified atom stereocenters. The number of hydrogen-bond acceptors (Lipinski definition) is 4. The maximum absolute atomic E-state index is 13.0. The van der Waals surface area contributed by atoms with Gasteiger partial charge >= 0.3 is 0 Å². The summed E-state index contributed by atoms with van der Waals surface area (Å²) in [5.74, 6) is -0.179. The molecule has 2 fully saturated rings. The Labute approximate surface area is 141 Å². The van der Waals surface area contributed by atoms with Crippen LogP contribution in [-0.4, -0.2) is 60.9 Å². The minimum Gasteiger partial charge on any atom is -0.304 e. The molecule has 2 aromatic carbocycles. The van der Waals surface area contributed by atoms with Crippen molar-refractivity contribution in [2.45, 2.75) is 12.5 Å². The quantitative estimate of drug-likeness (QED) is 0.790. The van der Waals surface area contributed by atoms with E-state index in [4.69, 9.17) is 0 Å². The number of nitrogens with zero attached hydrogens (tertiary/aromatic N) is 3. The first-order valence-electron chi connectivity index (χ1n) is 8.42. The lowest BCUT2D eigenvalue weighted by atomic mass is 10.1. The predicted octanol–water partition coefficient (Wildman–Crippen LogP) is 1.72. The SMILES string of the molecule is CN1CCN([C@@H]2CC(=O)N(c3cccc4ccccc34)C2=O)CC1. The zero-order valence-electron chi connectivity index (χ0n) is 13.8. The summed E-state index contributed by atoms with van der Waals surface area (Å²) < 4.78 is 0. The molecule has 2 aliphatic rings. The number of carbonyl (C=O) groups is 2. The zero-order valence-corrected chi connectivity index (χ0v) is 13.8. The molecule has 0 aliphatic carbocycles. The van der Waals surface area contributed by atoms with Gasteiger partial charge in [-0.05, 0) is 18.5 Å². The van der Waals surface area contributed by atoms with E-state index in [1.165, 1.54) is 4.90 Å². The molecular weight excluding hydrogens is 302 g/mol. The fourth-order valence-corrected chi connectivity index (χ4v) is 3.69. The van der Waals surface area contributed by atoms with Crippen LogP contribution in [0.1, 0.15) is 6.42 Å². The van der Waals surface area contributed by atoms with E-state index in [1.54, 1.807) is 0 Å². The molecule has 0 spiro atoms. The molecule has 5 nitrogen and oxygen atoms in total. The number of anilines is 1. The van der Waals surface area contributed by atoms with Crippen LogP contribution in [0.5, 0.6) is 0 Å². The molecule has 2 aromatic rings. The Morgan fingerprint density at radius 1 is 0.917 bits per heavy atom. The van der Waals surface area contributed by atoms with Gasteiger partial charge in [-0.1, -0.05) is 36.4 Å². The van der Waals surface area contributed by atoms with Crippen LogP contribution < -0.4 is 4.90 Å². The first kappa shape index (κ1) is 15.3. The summed E-state index contributed by atoms with van der Waals surface area (Å²) >= 11 is 0. The van der Waals surface area contributed by atoms with E-state index in [1.807, 2.05) is 42.5 Å². The summed E-state index contributed by atoms with van der Waals surface area (Å²) in [6, 6.07) is 13.3. The molecule has 24 heavy (non-hydrogen) atoms. The Morgan fingerprint density at radius 3 is 2.42 bits per heavy atom. The molecule has 2 saturated heterocycles. The average Bonchev–Trinajstić information content (AvgIpc) is 2.90. The first-order chi connectivity index (χ1) is 11.6. The molecule has 0 radical (unpaired) electrons. The molecule has 0 bridgehead atoms. The standard InChI is InChI=1S/C19H21N3O2/c1-20-9-11-21(12-10-20)17-13-18(23)22(19(17)24)16-8-4-6-14-5-2-3-7-15(14)16/h2-8,17H,9-13H2,1H3/t17-/m1/s1. The number of imide groups is 1. The van der Waals surface area contributed by atoms with Crippen LogP contribution in [0.15, 0.2) is 42.5 Å². The predicted molar refractivity (Wildman–Crippen MR) is 93.9 cm³/mol. The third-order valence-corrected chi connectivity index (χ3v) is 5.11. The van der Waals surface area contributed by atoms with Gasteiger partial charge in [0, 0.05) is 31.6 Å². The fraction of sp³-hybridized carbons (Fsp3) is 0.368. The molecule has 124 valence electrons. The van der Waals surface area contributed by atoms with Gasteiger partial charge in [0.1, 0.15) is 0 Å².